The molecule has 0 bridgehead atoms. The van der Waals surface area contributed by atoms with Gasteiger partial charge in [0.25, 0.3) is 0 Å². The first-order valence-corrected chi connectivity index (χ1v) is 10.0. The standard InChI is InChI=1S/C26H26/c1-17-6-12-23-22(24-13-7-18(2)15-26(24)25(23)14-17)5-3-4-19-8-9-20-10-11-21(20)16-19/h6-9,12-16,22H,3-5,10-11H2,1-2H3. The van der Waals surface area contributed by atoms with Crippen molar-refractivity contribution in [1.29, 1.82) is 0 Å². The van der Waals surface area contributed by atoms with Gasteiger partial charge in [-0.25, -0.2) is 0 Å². The summed E-state index contributed by atoms with van der Waals surface area (Å²) in [4.78, 5) is 0. The fourth-order valence-corrected chi connectivity index (χ4v) is 4.81. The maximum atomic E-state index is 2.45. The molecule has 5 rings (SSSR count). The summed E-state index contributed by atoms with van der Waals surface area (Å²) < 4.78 is 0. The van der Waals surface area contributed by atoms with E-state index in [1.807, 2.05) is 0 Å². The number of fused-ring (bicyclic) bond motifs is 4. The Morgan fingerprint density at radius 1 is 0.731 bits per heavy atom. The Hall–Kier alpha value is -2.34. The molecule has 0 N–H and O–H groups in total. The highest BCUT2D eigenvalue weighted by atomic mass is 14.3. The minimum atomic E-state index is 0.563. The van der Waals surface area contributed by atoms with Crippen LogP contribution < -0.4 is 0 Å². The molecule has 0 spiro atoms. The fraction of sp³-hybridized carbons (Fsp3) is 0.308. The molecular weight excluding hydrogens is 312 g/mol. The molecular formula is C26H26. The zero-order chi connectivity index (χ0) is 17.7. The van der Waals surface area contributed by atoms with E-state index < -0.39 is 0 Å². The lowest BCUT2D eigenvalue weighted by molar-refractivity contribution is 0.669. The van der Waals surface area contributed by atoms with E-state index in [4.69, 9.17) is 0 Å². The zero-order valence-electron chi connectivity index (χ0n) is 15.8. The Bertz CT molecular complexity index is 941. The highest BCUT2D eigenvalue weighted by molar-refractivity contribution is 5.79. The molecule has 0 heteroatoms. The van der Waals surface area contributed by atoms with Gasteiger partial charge in [0.05, 0.1) is 0 Å². The second-order valence-electron chi connectivity index (χ2n) is 8.23. The third-order valence-corrected chi connectivity index (χ3v) is 6.35. The average molecular weight is 338 g/mol. The molecule has 0 saturated heterocycles. The van der Waals surface area contributed by atoms with E-state index in [0.717, 1.165) is 0 Å². The number of hydrogen-bond donors (Lipinski definition) is 0. The molecule has 3 aromatic rings. The van der Waals surface area contributed by atoms with E-state index in [0.29, 0.717) is 5.92 Å². The molecule has 0 nitrogen and oxygen atoms in total. The molecule has 0 aromatic heterocycles. The molecule has 0 saturated carbocycles. The predicted octanol–water partition coefficient (Wildman–Crippen LogP) is 6.54. The lowest BCUT2D eigenvalue weighted by atomic mass is 9.85. The van der Waals surface area contributed by atoms with Crippen LogP contribution in [0.25, 0.3) is 11.1 Å². The Balaban J connectivity index is 1.39. The van der Waals surface area contributed by atoms with E-state index in [-0.39, 0.29) is 0 Å². The van der Waals surface area contributed by atoms with Crippen molar-refractivity contribution in [3.05, 3.63) is 93.5 Å². The van der Waals surface area contributed by atoms with Crippen LogP contribution in [-0.4, -0.2) is 0 Å². The van der Waals surface area contributed by atoms with Crippen molar-refractivity contribution in [2.24, 2.45) is 0 Å². The van der Waals surface area contributed by atoms with Gasteiger partial charge in [-0.1, -0.05) is 65.7 Å². The summed E-state index contributed by atoms with van der Waals surface area (Å²) >= 11 is 0. The molecule has 130 valence electrons. The van der Waals surface area contributed by atoms with Crippen molar-refractivity contribution < 1.29 is 0 Å². The summed E-state index contributed by atoms with van der Waals surface area (Å²) in [6.07, 6.45) is 6.26. The normalized spacial score (nSPS) is 14.5. The third kappa shape index (κ3) is 2.60. The van der Waals surface area contributed by atoms with Gasteiger partial charge in [0, 0.05) is 5.92 Å². The van der Waals surface area contributed by atoms with Crippen molar-refractivity contribution in [3.63, 3.8) is 0 Å². The van der Waals surface area contributed by atoms with Gasteiger partial charge in [-0.15, -0.1) is 0 Å². The molecule has 0 unspecified atom stereocenters. The molecule has 3 aromatic carbocycles. The SMILES string of the molecule is Cc1ccc2c(c1)-c1cc(C)ccc1C2CCCc1ccc2c(c1)CC2. The molecule has 2 aliphatic rings. The summed E-state index contributed by atoms with van der Waals surface area (Å²) in [7, 11) is 0. The fourth-order valence-electron chi connectivity index (χ4n) is 4.81. The van der Waals surface area contributed by atoms with Gasteiger partial charge in [-0.05, 0) is 84.9 Å². The lowest BCUT2D eigenvalue weighted by Crippen LogP contribution is -2.08. The number of hydrogen-bond acceptors (Lipinski definition) is 0. The molecule has 0 heterocycles. The zero-order valence-corrected chi connectivity index (χ0v) is 15.8. The minimum absolute atomic E-state index is 0.563. The summed E-state index contributed by atoms with van der Waals surface area (Å²) in [6, 6.07) is 21.2. The molecule has 0 atom stereocenters. The van der Waals surface area contributed by atoms with Gasteiger partial charge in [0.1, 0.15) is 0 Å². The lowest BCUT2D eigenvalue weighted by Gasteiger charge is -2.19. The topological polar surface area (TPSA) is 0 Å². The smallest absolute Gasteiger partial charge is 0.0102 e. The molecule has 0 radical (unpaired) electrons. The number of benzene rings is 3. The van der Waals surface area contributed by atoms with Crippen LogP contribution in [0.2, 0.25) is 0 Å². The van der Waals surface area contributed by atoms with Crippen molar-refractivity contribution in [1.82, 2.24) is 0 Å². The Morgan fingerprint density at radius 2 is 1.38 bits per heavy atom. The van der Waals surface area contributed by atoms with Crippen molar-refractivity contribution >= 4 is 0 Å². The van der Waals surface area contributed by atoms with Crippen molar-refractivity contribution in [3.8, 4) is 11.1 Å². The highest BCUT2D eigenvalue weighted by Crippen LogP contribution is 2.47. The molecule has 0 fully saturated rings. The highest BCUT2D eigenvalue weighted by Gasteiger charge is 2.28. The van der Waals surface area contributed by atoms with Gasteiger partial charge in [0.15, 0.2) is 0 Å². The van der Waals surface area contributed by atoms with Crippen molar-refractivity contribution in [2.75, 3.05) is 0 Å². The predicted molar refractivity (Wildman–Crippen MR) is 110 cm³/mol. The maximum Gasteiger partial charge on any atom is 0.0102 e. The second kappa shape index (κ2) is 6.13. The minimum Gasteiger partial charge on any atom is -0.0590 e. The van der Waals surface area contributed by atoms with Crippen LogP contribution >= 0.6 is 0 Å². The van der Waals surface area contributed by atoms with Gasteiger partial charge in [-0.2, -0.15) is 0 Å². The van der Waals surface area contributed by atoms with Crippen LogP contribution in [0.3, 0.4) is 0 Å². The summed E-state index contributed by atoms with van der Waals surface area (Å²) in [5.74, 6) is 0.563. The first kappa shape index (κ1) is 15.9. The Labute approximate surface area is 156 Å². The number of rotatable bonds is 4. The second-order valence-corrected chi connectivity index (χ2v) is 8.23. The van der Waals surface area contributed by atoms with Crippen LogP contribution in [0.1, 0.15) is 57.7 Å². The summed E-state index contributed by atoms with van der Waals surface area (Å²) in [5, 5.41) is 0. The van der Waals surface area contributed by atoms with Crippen LogP contribution in [0.5, 0.6) is 0 Å². The van der Waals surface area contributed by atoms with Crippen LogP contribution in [0, 0.1) is 13.8 Å². The van der Waals surface area contributed by atoms with E-state index in [9.17, 15) is 0 Å². The van der Waals surface area contributed by atoms with E-state index in [1.54, 1.807) is 11.1 Å². The third-order valence-electron chi connectivity index (χ3n) is 6.35. The quantitative estimate of drug-likeness (QED) is 0.507. The van der Waals surface area contributed by atoms with Gasteiger partial charge >= 0.3 is 0 Å². The van der Waals surface area contributed by atoms with Gasteiger partial charge in [-0.3, -0.25) is 0 Å². The van der Waals surface area contributed by atoms with Gasteiger partial charge in [0.2, 0.25) is 0 Å². The summed E-state index contributed by atoms with van der Waals surface area (Å²) in [5.41, 5.74) is 13.4. The first-order chi connectivity index (χ1) is 12.7. The number of aryl methyl sites for hydroxylation is 5. The Kier molecular flexibility index (Phi) is 3.74. The largest absolute Gasteiger partial charge is 0.0590 e. The van der Waals surface area contributed by atoms with E-state index >= 15 is 0 Å². The van der Waals surface area contributed by atoms with Crippen LogP contribution in [-0.2, 0) is 19.3 Å². The molecule has 0 amide bonds. The van der Waals surface area contributed by atoms with Gasteiger partial charge < -0.3 is 0 Å². The summed E-state index contributed by atoms with van der Waals surface area (Å²) in [6.45, 7) is 4.41. The molecule has 2 aliphatic carbocycles. The van der Waals surface area contributed by atoms with Crippen molar-refractivity contribution in [2.45, 2.75) is 51.9 Å². The molecule has 26 heavy (non-hydrogen) atoms. The molecule has 0 aliphatic heterocycles. The Morgan fingerprint density at radius 3 is 1.96 bits per heavy atom. The first-order valence-electron chi connectivity index (χ1n) is 10.0. The van der Waals surface area contributed by atoms with Crippen LogP contribution in [0.15, 0.2) is 54.6 Å². The maximum absolute atomic E-state index is 2.45. The van der Waals surface area contributed by atoms with E-state index in [1.165, 1.54) is 71.0 Å². The average Bonchev–Trinajstić information content (AvgIpc) is 2.90. The van der Waals surface area contributed by atoms with Crippen LogP contribution in [0.4, 0.5) is 0 Å². The monoisotopic (exact) mass is 338 g/mol. The van der Waals surface area contributed by atoms with E-state index in [2.05, 4.69) is 68.4 Å².